The van der Waals surface area contributed by atoms with Gasteiger partial charge in [0.2, 0.25) is 0 Å². The molecule has 2 aromatic rings. The normalized spacial score (nSPS) is 10.2. The Morgan fingerprint density at radius 2 is 1.87 bits per heavy atom. The highest BCUT2D eigenvalue weighted by atomic mass is 14.9. The average Bonchev–Trinajstić information content (AvgIpc) is 2.31. The molecule has 4 nitrogen and oxygen atoms in total. The molecule has 0 aliphatic heterocycles. The van der Waals surface area contributed by atoms with Crippen molar-refractivity contribution in [3.8, 4) is 11.4 Å². The van der Waals surface area contributed by atoms with Crippen molar-refractivity contribution in [2.75, 3.05) is 5.73 Å². The van der Waals surface area contributed by atoms with Gasteiger partial charge in [-0.2, -0.15) is 0 Å². The zero-order chi connectivity index (χ0) is 10.7. The van der Waals surface area contributed by atoms with Crippen molar-refractivity contribution < 1.29 is 0 Å². The second-order valence-corrected chi connectivity index (χ2v) is 3.20. The monoisotopic (exact) mass is 200 g/mol. The third kappa shape index (κ3) is 1.94. The number of rotatable bonds is 2. The Bertz CT molecular complexity index is 453. The molecule has 0 saturated carbocycles. The summed E-state index contributed by atoms with van der Waals surface area (Å²) in [5, 5.41) is 0. The Balaban J connectivity index is 2.52. The van der Waals surface area contributed by atoms with Crippen LogP contribution in [0.5, 0.6) is 0 Å². The van der Waals surface area contributed by atoms with Gasteiger partial charge in [-0.05, 0) is 23.8 Å². The number of anilines is 1. The van der Waals surface area contributed by atoms with Gasteiger partial charge in [-0.15, -0.1) is 0 Å². The zero-order valence-corrected chi connectivity index (χ0v) is 8.22. The zero-order valence-electron chi connectivity index (χ0n) is 8.22. The first-order valence-corrected chi connectivity index (χ1v) is 4.67. The van der Waals surface area contributed by atoms with Crippen LogP contribution in [-0.2, 0) is 6.54 Å². The number of hydrogen-bond donors (Lipinski definition) is 2. The third-order valence-corrected chi connectivity index (χ3v) is 2.16. The number of nitrogens with zero attached hydrogens (tertiary/aromatic N) is 2. The number of nitrogens with two attached hydrogens (primary N) is 2. The van der Waals surface area contributed by atoms with Crippen molar-refractivity contribution in [3.63, 3.8) is 0 Å². The molecule has 0 saturated heterocycles. The molecule has 1 heterocycles. The van der Waals surface area contributed by atoms with Crippen molar-refractivity contribution in [1.82, 2.24) is 9.97 Å². The average molecular weight is 200 g/mol. The SMILES string of the molecule is NCc1ccc(N)c(-c2ncccn2)c1. The molecule has 0 aliphatic carbocycles. The number of nitrogen functional groups attached to an aromatic ring is 1. The lowest BCUT2D eigenvalue weighted by Gasteiger charge is -2.05. The molecular weight excluding hydrogens is 188 g/mol. The molecular formula is C11H12N4. The number of hydrogen-bond acceptors (Lipinski definition) is 4. The molecule has 4 heteroatoms. The molecule has 0 radical (unpaired) electrons. The Morgan fingerprint density at radius 3 is 2.53 bits per heavy atom. The van der Waals surface area contributed by atoms with Crippen LogP contribution in [0.15, 0.2) is 36.7 Å². The molecule has 0 amide bonds. The number of benzene rings is 1. The van der Waals surface area contributed by atoms with Crippen LogP contribution in [-0.4, -0.2) is 9.97 Å². The van der Waals surface area contributed by atoms with E-state index >= 15 is 0 Å². The predicted octanol–water partition coefficient (Wildman–Crippen LogP) is 1.18. The van der Waals surface area contributed by atoms with Gasteiger partial charge in [0.15, 0.2) is 5.82 Å². The molecule has 0 bridgehead atoms. The van der Waals surface area contributed by atoms with Crippen molar-refractivity contribution in [3.05, 3.63) is 42.2 Å². The van der Waals surface area contributed by atoms with Gasteiger partial charge in [0, 0.05) is 30.2 Å². The lowest BCUT2D eigenvalue weighted by molar-refractivity contribution is 1.07. The molecule has 0 spiro atoms. The molecule has 76 valence electrons. The Morgan fingerprint density at radius 1 is 1.13 bits per heavy atom. The van der Waals surface area contributed by atoms with Gasteiger partial charge in [0.05, 0.1) is 0 Å². The van der Waals surface area contributed by atoms with Gasteiger partial charge < -0.3 is 11.5 Å². The minimum Gasteiger partial charge on any atom is -0.398 e. The topological polar surface area (TPSA) is 77.8 Å². The van der Waals surface area contributed by atoms with Crippen molar-refractivity contribution in [2.24, 2.45) is 5.73 Å². The van der Waals surface area contributed by atoms with Gasteiger partial charge in [0.25, 0.3) is 0 Å². The van der Waals surface area contributed by atoms with Gasteiger partial charge in [-0.3, -0.25) is 0 Å². The lowest BCUT2D eigenvalue weighted by Crippen LogP contribution is -1.99. The third-order valence-electron chi connectivity index (χ3n) is 2.16. The first kappa shape index (κ1) is 9.61. The van der Waals surface area contributed by atoms with Crippen LogP contribution in [0.25, 0.3) is 11.4 Å². The maximum atomic E-state index is 5.86. The highest BCUT2D eigenvalue weighted by Gasteiger charge is 2.05. The minimum absolute atomic E-state index is 0.486. The Kier molecular flexibility index (Phi) is 2.60. The minimum atomic E-state index is 0.486. The molecule has 1 aromatic heterocycles. The van der Waals surface area contributed by atoms with Crippen molar-refractivity contribution in [1.29, 1.82) is 0 Å². The Labute approximate surface area is 88.0 Å². The highest BCUT2D eigenvalue weighted by Crippen LogP contribution is 2.23. The fourth-order valence-corrected chi connectivity index (χ4v) is 1.36. The number of aromatic nitrogens is 2. The van der Waals surface area contributed by atoms with Crippen LogP contribution < -0.4 is 11.5 Å². The van der Waals surface area contributed by atoms with Crippen LogP contribution in [0, 0.1) is 0 Å². The van der Waals surface area contributed by atoms with E-state index in [1.807, 2.05) is 18.2 Å². The van der Waals surface area contributed by atoms with Gasteiger partial charge >= 0.3 is 0 Å². The molecule has 1 aromatic carbocycles. The van der Waals surface area contributed by atoms with E-state index in [-0.39, 0.29) is 0 Å². The van der Waals surface area contributed by atoms with E-state index in [0.717, 1.165) is 11.1 Å². The molecule has 0 unspecified atom stereocenters. The van der Waals surface area contributed by atoms with E-state index < -0.39 is 0 Å². The van der Waals surface area contributed by atoms with Gasteiger partial charge in [-0.1, -0.05) is 6.07 Å². The first-order chi connectivity index (χ1) is 7.31. The highest BCUT2D eigenvalue weighted by molar-refractivity contribution is 5.71. The molecule has 15 heavy (non-hydrogen) atoms. The summed E-state index contributed by atoms with van der Waals surface area (Å²) in [6.07, 6.45) is 3.38. The van der Waals surface area contributed by atoms with E-state index in [1.165, 1.54) is 0 Å². The van der Waals surface area contributed by atoms with Crippen LogP contribution in [0.2, 0.25) is 0 Å². The molecule has 0 aliphatic rings. The summed E-state index contributed by atoms with van der Waals surface area (Å²) >= 11 is 0. The van der Waals surface area contributed by atoms with E-state index in [9.17, 15) is 0 Å². The summed E-state index contributed by atoms with van der Waals surface area (Å²) in [6.45, 7) is 0.486. The second kappa shape index (κ2) is 4.06. The summed E-state index contributed by atoms with van der Waals surface area (Å²) < 4.78 is 0. The van der Waals surface area contributed by atoms with Crippen molar-refractivity contribution >= 4 is 5.69 Å². The fourth-order valence-electron chi connectivity index (χ4n) is 1.36. The molecule has 0 atom stereocenters. The van der Waals surface area contributed by atoms with E-state index in [4.69, 9.17) is 11.5 Å². The maximum Gasteiger partial charge on any atom is 0.161 e. The maximum absolute atomic E-state index is 5.86. The standard InChI is InChI=1S/C11H12N4/c12-7-8-2-3-10(13)9(6-8)11-14-4-1-5-15-11/h1-6H,7,12-13H2. The summed E-state index contributed by atoms with van der Waals surface area (Å²) in [7, 11) is 0. The largest absolute Gasteiger partial charge is 0.398 e. The predicted molar refractivity (Wildman–Crippen MR) is 59.8 cm³/mol. The van der Waals surface area contributed by atoms with E-state index in [0.29, 0.717) is 18.1 Å². The molecule has 4 N–H and O–H groups in total. The quantitative estimate of drug-likeness (QED) is 0.714. The summed E-state index contributed by atoms with van der Waals surface area (Å²) in [4.78, 5) is 8.31. The lowest BCUT2D eigenvalue weighted by atomic mass is 10.1. The summed E-state index contributed by atoms with van der Waals surface area (Å²) in [5.41, 5.74) is 13.9. The van der Waals surface area contributed by atoms with Crippen LogP contribution in [0.1, 0.15) is 5.56 Å². The van der Waals surface area contributed by atoms with E-state index in [1.54, 1.807) is 18.5 Å². The second-order valence-electron chi connectivity index (χ2n) is 3.20. The van der Waals surface area contributed by atoms with Crippen LogP contribution >= 0.6 is 0 Å². The van der Waals surface area contributed by atoms with Crippen molar-refractivity contribution in [2.45, 2.75) is 6.54 Å². The van der Waals surface area contributed by atoms with Crippen LogP contribution in [0.4, 0.5) is 5.69 Å². The smallest absolute Gasteiger partial charge is 0.161 e. The molecule has 0 fully saturated rings. The van der Waals surface area contributed by atoms with Gasteiger partial charge in [0.1, 0.15) is 0 Å². The first-order valence-electron chi connectivity index (χ1n) is 4.67. The summed E-state index contributed by atoms with van der Waals surface area (Å²) in [5.74, 6) is 0.630. The van der Waals surface area contributed by atoms with E-state index in [2.05, 4.69) is 9.97 Å². The van der Waals surface area contributed by atoms with Crippen LogP contribution in [0.3, 0.4) is 0 Å². The summed E-state index contributed by atoms with van der Waals surface area (Å²) in [6, 6.07) is 7.42. The molecule has 2 rings (SSSR count). The Hall–Kier alpha value is -1.94. The van der Waals surface area contributed by atoms with Gasteiger partial charge in [-0.25, -0.2) is 9.97 Å². The fraction of sp³-hybridized carbons (Fsp3) is 0.0909.